The van der Waals surface area contributed by atoms with Crippen molar-refractivity contribution in [2.45, 2.75) is 20.0 Å². The van der Waals surface area contributed by atoms with Gasteiger partial charge in [0.05, 0.1) is 42.0 Å². The van der Waals surface area contributed by atoms with Gasteiger partial charge >= 0.3 is 5.69 Å². The molecule has 1 unspecified atom stereocenters. The second kappa shape index (κ2) is 8.64. The predicted molar refractivity (Wildman–Crippen MR) is 132 cm³/mol. The summed E-state index contributed by atoms with van der Waals surface area (Å²) in [4.78, 5) is 34.3. The molecule has 35 heavy (non-hydrogen) atoms. The summed E-state index contributed by atoms with van der Waals surface area (Å²) in [6.07, 6.45) is 2.57. The molecule has 10 heteroatoms. The number of thiophene rings is 1. The first-order chi connectivity index (χ1) is 16.8. The predicted octanol–water partition coefficient (Wildman–Crippen LogP) is 4.10. The Balaban J connectivity index is 1.74. The second-order valence-corrected chi connectivity index (χ2v) is 9.10. The Hall–Kier alpha value is -4.02. The summed E-state index contributed by atoms with van der Waals surface area (Å²) < 4.78 is 21.8. The van der Waals surface area contributed by atoms with Crippen LogP contribution < -0.4 is 16.0 Å². The minimum absolute atomic E-state index is 0.206. The first kappa shape index (κ1) is 22.8. The van der Waals surface area contributed by atoms with Gasteiger partial charge in [-0.1, -0.05) is 6.07 Å². The number of H-pyrrole nitrogens is 1. The van der Waals surface area contributed by atoms with Crippen LogP contribution in [0.25, 0.3) is 32.0 Å². The fraction of sp³-hybridized carbons (Fsp3) is 0.160. The summed E-state index contributed by atoms with van der Waals surface area (Å²) in [5.74, 6) is 0.0937. The lowest BCUT2D eigenvalue weighted by molar-refractivity contribution is 0.201. The lowest BCUT2D eigenvalue weighted by Crippen LogP contribution is -2.33. The number of rotatable bonds is 5. The molecular formula is C25H21FN4O4S. The van der Waals surface area contributed by atoms with Gasteiger partial charge in [0.25, 0.3) is 5.56 Å². The Morgan fingerprint density at radius 2 is 1.91 bits per heavy atom. The number of aliphatic hydroxyl groups excluding tert-OH is 1. The van der Waals surface area contributed by atoms with E-state index in [1.54, 1.807) is 20.4 Å². The van der Waals surface area contributed by atoms with E-state index in [4.69, 9.17) is 4.74 Å². The molecule has 0 saturated heterocycles. The van der Waals surface area contributed by atoms with E-state index in [1.807, 2.05) is 35.9 Å². The van der Waals surface area contributed by atoms with E-state index in [1.165, 1.54) is 35.6 Å². The monoisotopic (exact) mass is 492 g/mol. The standard InChI is InChI=1S/C25H21FN4O4S/c1-13-11-29(12-27-13)18-9-4-15(10-19(18)34-3)22-20(14(2)31)21-23(35-22)28-25(33)30(24(21)32)17-7-5-16(26)6-8-17/h4-12,14,31H,1-3H3,(H,28,33). The van der Waals surface area contributed by atoms with Crippen LogP contribution in [-0.2, 0) is 0 Å². The summed E-state index contributed by atoms with van der Waals surface area (Å²) in [6, 6.07) is 10.6. The van der Waals surface area contributed by atoms with Gasteiger partial charge in [0.1, 0.15) is 16.4 Å². The van der Waals surface area contributed by atoms with Gasteiger partial charge in [0.15, 0.2) is 0 Å². The van der Waals surface area contributed by atoms with Crippen LogP contribution in [-0.4, -0.2) is 31.3 Å². The van der Waals surface area contributed by atoms with E-state index >= 15 is 0 Å². The summed E-state index contributed by atoms with van der Waals surface area (Å²) in [6.45, 7) is 3.46. The molecule has 2 N–H and O–H groups in total. The average Bonchev–Trinajstić information content (AvgIpc) is 3.43. The van der Waals surface area contributed by atoms with E-state index in [-0.39, 0.29) is 11.1 Å². The van der Waals surface area contributed by atoms with Crippen LogP contribution >= 0.6 is 11.3 Å². The molecule has 3 heterocycles. The molecular weight excluding hydrogens is 471 g/mol. The van der Waals surface area contributed by atoms with Crippen LogP contribution in [0.1, 0.15) is 24.3 Å². The lowest BCUT2D eigenvalue weighted by atomic mass is 10.0. The molecule has 0 radical (unpaired) electrons. The highest BCUT2D eigenvalue weighted by Gasteiger charge is 2.24. The highest BCUT2D eigenvalue weighted by atomic mass is 32.1. The molecule has 0 amide bonds. The molecule has 0 aliphatic carbocycles. The van der Waals surface area contributed by atoms with Crippen LogP contribution in [0.3, 0.4) is 0 Å². The molecule has 0 aliphatic rings. The maximum absolute atomic E-state index is 13.5. The van der Waals surface area contributed by atoms with E-state index in [2.05, 4.69) is 9.97 Å². The topological polar surface area (TPSA) is 102 Å². The van der Waals surface area contributed by atoms with Crippen molar-refractivity contribution in [2.75, 3.05) is 7.11 Å². The van der Waals surface area contributed by atoms with Crippen molar-refractivity contribution >= 4 is 21.6 Å². The van der Waals surface area contributed by atoms with E-state index in [0.717, 1.165) is 15.9 Å². The normalized spacial score (nSPS) is 12.3. The molecule has 3 aromatic heterocycles. The highest BCUT2D eigenvalue weighted by molar-refractivity contribution is 7.22. The van der Waals surface area contributed by atoms with Crippen molar-refractivity contribution < 1.29 is 14.2 Å². The Kier molecular flexibility index (Phi) is 5.62. The SMILES string of the molecule is COc1cc(-c2sc3[nH]c(=O)n(-c4ccc(F)cc4)c(=O)c3c2C(C)O)ccc1-n1cnc(C)c1. The average molecular weight is 493 g/mol. The second-order valence-electron chi connectivity index (χ2n) is 8.08. The molecule has 0 saturated carbocycles. The third-order valence-electron chi connectivity index (χ3n) is 5.72. The number of methoxy groups -OCH3 is 1. The van der Waals surface area contributed by atoms with Gasteiger partial charge in [-0.15, -0.1) is 11.3 Å². The minimum atomic E-state index is -0.999. The first-order valence-electron chi connectivity index (χ1n) is 10.7. The third kappa shape index (κ3) is 3.86. The number of halogens is 1. The molecule has 0 spiro atoms. The molecule has 8 nitrogen and oxygen atoms in total. The van der Waals surface area contributed by atoms with E-state index in [9.17, 15) is 19.1 Å². The maximum Gasteiger partial charge on any atom is 0.334 e. The van der Waals surface area contributed by atoms with Crippen molar-refractivity contribution in [3.05, 3.63) is 92.9 Å². The van der Waals surface area contributed by atoms with Crippen LogP contribution in [0.15, 0.2) is 64.6 Å². The van der Waals surface area contributed by atoms with E-state index < -0.39 is 23.2 Å². The number of aliphatic hydroxyl groups is 1. The molecule has 5 aromatic rings. The number of nitrogens with one attached hydrogen (secondary N) is 1. The highest BCUT2D eigenvalue weighted by Crippen LogP contribution is 2.41. The van der Waals surface area contributed by atoms with Gasteiger partial charge < -0.3 is 14.4 Å². The van der Waals surface area contributed by atoms with E-state index in [0.29, 0.717) is 26.6 Å². The Morgan fingerprint density at radius 1 is 1.17 bits per heavy atom. The number of nitrogens with zero attached hydrogens (tertiary/aromatic N) is 3. The summed E-state index contributed by atoms with van der Waals surface area (Å²) >= 11 is 1.20. The fourth-order valence-corrected chi connectivity index (χ4v) is 5.39. The molecule has 1 atom stereocenters. The number of hydrogen-bond donors (Lipinski definition) is 2. The van der Waals surface area contributed by atoms with Crippen LogP contribution in [0.5, 0.6) is 5.75 Å². The van der Waals surface area contributed by atoms with Crippen molar-refractivity contribution in [1.29, 1.82) is 0 Å². The van der Waals surface area contributed by atoms with Crippen molar-refractivity contribution in [3.8, 4) is 27.6 Å². The molecule has 0 aliphatic heterocycles. The van der Waals surface area contributed by atoms with Crippen LogP contribution in [0.4, 0.5) is 4.39 Å². The number of imidazole rings is 1. The molecule has 178 valence electrons. The third-order valence-corrected chi connectivity index (χ3v) is 6.89. The van der Waals surface area contributed by atoms with Gasteiger partial charge in [-0.3, -0.25) is 9.78 Å². The lowest BCUT2D eigenvalue weighted by Gasteiger charge is -2.13. The molecule has 5 rings (SSSR count). The number of hydrogen-bond acceptors (Lipinski definition) is 6. The summed E-state index contributed by atoms with van der Waals surface area (Å²) in [7, 11) is 1.56. The quantitative estimate of drug-likeness (QED) is 0.385. The number of aryl methyl sites for hydroxylation is 1. The van der Waals surface area contributed by atoms with Gasteiger partial charge in [-0.25, -0.2) is 18.7 Å². The molecule has 2 aromatic carbocycles. The van der Waals surface area contributed by atoms with Gasteiger partial charge in [0.2, 0.25) is 0 Å². The zero-order valence-electron chi connectivity index (χ0n) is 19.1. The molecule has 0 bridgehead atoms. The largest absolute Gasteiger partial charge is 0.495 e. The van der Waals surface area contributed by atoms with Gasteiger partial charge in [-0.05, 0) is 55.8 Å². The number of fused-ring (bicyclic) bond motifs is 1. The van der Waals surface area contributed by atoms with Crippen molar-refractivity contribution in [3.63, 3.8) is 0 Å². The number of benzene rings is 2. The zero-order valence-corrected chi connectivity index (χ0v) is 19.9. The number of ether oxygens (including phenoxy) is 1. The maximum atomic E-state index is 13.5. The van der Waals surface area contributed by atoms with Crippen molar-refractivity contribution in [1.82, 2.24) is 19.1 Å². The summed E-state index contributed by atoms with van der Waals surface area (Å²) in [5, 5.41) is 10.9. The van der Waals surface area contributed by atoms with Crippen LogP contribution in [0.2, 0.25) is 0 Å². The Bertz CT molecular complexity index is 1680. The number of aromatic nitrogens is 4. The first-order valence-corrected chi connectivity index (χ1v) is 11.5. The van der Waals surface area contributed by atoms with Gasteiger partial charge in [-0.2, -0.15) is 0 Å². The summed E-state index contributed by atoms with van der Waals surface area (Å²) in [5.41, 5.74) is 1.74. The van der Waals surface area contributed by atoms with Crippen LogP contribution in [0, 0.1) is 12.7 Å². The number of aromatic amines is 1. The zero-order chi connectivity index (χ0) is 24.9. The Morgan fingerprint density at radius 3 is 2.54 bits per heavy atom. The van der Waals surface area contributed by atoms with Crippen molar-refractivity contribution in [2.24, 2.45) is 0 Å². The Labute approximate surface area is 202 Å². The molecule has 0 fully saturated rings. The fourth-order valence-electron chi connectivity index (χ4n) is 4.12. The smallest absolute Gasteiger partial charge is 0.334 e. The minimum Gasteiger partial charge on any atom is -0.495 e. The van der Waals surface area contributed by atoms with Gasteiger partial charge in [0, 0.05) is 16.6 Å².